The zero-order valence-corrected chi connectivity index (χ0v) is 13.9. The molecule has 0 aromatic carbocycles. The second-order valence-electron chi connectivity index (χ2n) is 5.56. The molecule has 2 aliphatic rings. The molecular weight excluding hydrogens is 363 g/mol. The highest BCUT2D eigenvalue weighted by Crippen LogP contribution is 2.30. The van der Waals surface area contributed by atoms with Crippen LogP contribution in [-0.4, -0.2) is 78.7 Å². The molecule has 1 fully saturated rings. The van der Waals surface area contributed by atoms with Crippen molar-refractivity contribution in [1.29, 1.82) is 0 Å². The molecule has 2 heterocycles. The molecule has 0 unspecified atom stereocenters. The number of nitrogens with two attached hydrogens (primary N) is 1. The van der Waals surface area contributed by atoms with Crippen LogP contribution >= 0.6 is 0 Å². The number of alkyl halides is 1. The molecule has 0 radical (unpaired) electrons. The summed E-state index contributed by atoms with van der Waals surface area (Å²) in [7, 11) is -3.75. The molecule has 11 nitrogen and oxygen atoms in total. The first kappa shape index (κ1) is 19.1. The molecule has 0 aliphatic carbocycles. The number of rotatable bonds is 7. The van der Waals surface area contributed by atoms with Crippen molar-refractivity contribution in [1.82, 2.24) is 15.3 Å². The van der Waals surface area contributed by atoms with E-state index in [1.54, 1.807) is 6.92 Å². The number of hydroxylamine groups is 2. The Balaban J connectivity index is 2.08. The fraction of sp³-hybridized carbons (Fsp3) is 0.583. The molecule has 2 rings (SSSR count). The van der Waals surface area contributed by atoms with Gasteiger partial charge < -0.3 is 15.3 Å². The number of nitrogens with one attached hydrogen (secondary N) is 1. The fourth-order valence-corrected chi connectivity index (χ4v) is 3.02. The van der Waals surface area contributed by atoms with Gasteiger partial charge in [-0.3, -0.25) is 4.79 Å². The molecule has 0 spiro atoms. The number of hydrogen-bond donors (Lipinski definition) is 3. The first-order valence-electron chi connectivity index (χ1n) is 7.11. The van der Waals surface area contributed by atoms with Gasteiger partial charge in [-0.1, -0.05) is 6.08 Å². The van der Waals surface area contributed by atoms with Gasteiger partial charge in [0, 0.05) is 6.54 Å². The average molecular weight is 380 g/mol. The van der Waals surface area contributed by atoms with Crippen LogP contribution in [0.2, 0.25) is 0 Å². The third kappa shape index (κ3) is 4.24. The van der Waals surface area contributed by atoms with Crippen LogP contribution in [0, 0.1) is 0 Å². The molecule has 2 bridgehead atoms. The number of aliphatic carboxylic acids is 1. The number of urea groups is 1. The highest BCUT2D eigenvalue weighted by Gasteiger charge is 2.48. The Hall–Kier alpha value is -2.25. The molecule has 13 heteroatoms. The van der Waals surface area contributed by atoms with Crippen molar-refractivity contribution in [2.24, 2.45) is 5.14 Å². The summed E-state index contributed by atoms with van der Waals surface area (Å²) in [6, 6.07) is -2.65. The first-order chi connectivity index (χ1) is 11.5. The van der Waals surface area contributed by atoms with Crippen molar-refractivity contribution in [3.05, 3.63) is 11.6 Å². The van der Waals surface area contributed by atoms with E-state index in [1.807, 2.05) is 0 Å². The lowest BCUT2D eigenvalue weighted by atomic mass is 10.00. The molecule has 3 atom stereocenters. The maximum atomic E-state index is 13.2. The Morgan fingerprint density at radius 2 is 2.20 bits per heavy atom. The Bertz CT molecular complexity index is 725. The normalized spacial score (nSPS) is 24.1. The van der Waals surface area contributed by atoms with Gasteiger partial charge in [-0.15, -0.1) is 0 Å². The van der Waals surface area contributed by atoms with Crippen molar-refractivity contribution >= 4 is 27.9 Å². The van der Waals surface area contributed by atoms with Gasteiger partial charge in [0.15, 0.2) is 0 Å². The van der Waals surface area contributed by atoms with Crippen LogP contribution in [0.4, 0.5) is 9.18 Å². The van der Waals surface area contributed by atoms with Crippen LogP contribution in [-0.2, 0) is 24.4 Å². The van der Waals surface area contributed by atoms with Gasteiger partial charge in [0.2, 0.25) is 15.9 Å². The van der Waals surface area contributed by atoms with Gasteiger partial charge in [0.05, 0.1) is 18.3 Å². The summed E-state index contributed by atoms with van der Waals surface area (Å²) in [5, 5.41) is 16.3. The van der Waals surface area contributed by atoms with E-state index < -0.39 is 52.1 Å². The van der Waals surface area contributed by atoms with Crippen molar-refractivity contribution in [2.75, 3.05) is 18.8 Å². The number of carboxylic acids is 1. The number of primary sulfonamides is 1. The number of halogens is 1. The average Bonchev–Trinajstić information content (AvgIpc) is 2.71. The number of carboxylic acid groups (broad SMARTS) is 1. The summed E-state index contributed by atoms with van der Waals surface area (Å²) in [6.45, 7) is 1.32. The van der Waals surface area contributed by atoms with Gasteiger partial charge in [-0.2, -0.15) is 5.06 Å². The van der Waals surface area contributed by atoms with Crippen LogP contribution in [0.3, 0.4) is 0 Å². The molecule has 0 aromatic heterocycles. The van der Waals surface area contributed by atoms with E-state index >= 15 is 0 Å². The maximum Gasteiger partial charge on any atom is 0.368 e. The molecule has 0 aromatic rings. The Morgan fingerprint density at radius 1 is 1.56 bits per heavy atom. The third-order valence-corrected chi connectivity index (χ3v) is 4.43. The molecule has 0 saturated carbocycles. The zero-order chi connectivity index (χ0) is 18.9. The summed E-state index contributed by atoms with van der Waals surface area (Å²) in [5.41, 5.74) is 0.453. The van der Waals surface area contributed by atoms with E-state index in [4.69, 9.17) is 10.2 Å². The fourth-order valence-electron chi connectivity index (χ4n) is 2.63. The number of amides is 3. The second-order valence-corrected chi connectivity index (χ2v) is 7.29. The minimum atomic E-state index is -3.75. The lowest BCUT2D eigenvalue weighted by Crippen LogP contribution is -2.50. The summed E-state index contributed by atoms with van der Waals surface area (Å²) < 4.78 is 35.0. The zero-order valence-electron chi connectivity index (χ0n) is 13.1. The first-order valence-corrected chi connectivity index (χ1v) is 8.83. The number of carbonyl (C=O) groups is 3. The molecule has 2 aliphatic heterocycles. The molecule has 3 amide bonds. The van der Waals surface area contributed by atoms with Gasteiger partial charge in [-0.25, -0.2) is 32.4 Å². The topological polar surface area (TPSA) is 159 Å². The molecule has 1 saturated heterocycles. The van der Waals surface area contributed by atoms with E-state index in [1.165, 1.54) is 6.08 Å². The smallest absolute Gasteiger partial charge is 0.368 e. The van der Waals surface area contributed by atoms with Crippen molar-refractivity contribution in [3.63, 3.8) is 0 Å². The summed E-state index contributed by atoms with van der Waals surface area (Å²) in [4.78, 5) is 40.7. The van der Waals surface area contributed by atoms with Crippen LogP contribution < -0.4 is 10.5 Å². The molecule has 140 valence electrons. The lowest BCUT2D eigenvalue weighted by molar-refractivity contribution is -0.219. The Labute approximate surface area is 142 Å². The van der Waals surface area contributed by atoms with Gasteiger partial charge in [-0.05, 0) is 12.5 Å². The van der Waals surface area contributed by atoms with Gasteiger partial charge >= 0.3 is 18.4 Å². The van der Waals surface area contributed by atoms with E-state index in [9.17, 15) is 27.2 Å². The van der Waals surface area contributed by atoms with Crippen molar-refractivity contribution in [2.45, 2.75) is 25.4 Å². The van der Waals surface area contributed by atoms with E-state index in [2.05, 4.69) is 10.2 Å². The van der Waals surface area contributed by atoms with Gasteiger partial charge in [0.25, 0.3) is 0 Å². The summed E-state index contributed by atoms with van der Waals surface area (Å²) in [6.07, 6.45) is -1.24. The molecular formula is C12H17FN4O7S. The number of nitrogens with zero attached hydrogens (tertiary/aromatic N) is 2. The minimum absolute atomic E-state index is 0.00418. The van der Waals surface area contributed by atoms with E-state index in [0.29, 0.717) is 10.6 Å². The van der Waals surface area contributed by atoms with Gasteiger partial charge in [0.1, 0.15) is 6.04 Å². The summed E-state index contributed by atoms with van der Waals surface area (Å²) >= 11 is 0. The predicted molar refractivity (Wildman–Crippen MR) is 79.9 cm³/mol. The molecule has 4 N–H and O–H groups in total. The maximum absolute atomic E-state index is 13.2. The van der Waals surface area contributed by atoms with E-state index in [0.717, 1.165) is 4.90 Å². The predicted octanol–water partition coefficient (Wildman–Crippen LogP) is -1.86. The van der Waals surface area contributed by atoms with Crippen LogP contribution in [0.25, 0.3) is 0 Å². The monoisotopic (exact) mass is 380 g/mol. The minimum Gasteiger partial charge on any atom is -0.477 e. The highest BCUT2D eigenvalue weighted by molar-refractivity contribution is 7.89. The second kappa shape index (κ2) is 6.93. The number of fused-ring (bicyclic) bond motifs is 2. The Kier molecular flexibility index (Phi) is 5.29. The quantitative estimate of drug-likeness (QED) is 0.437. The number of hydrogen-bond acceptors (Lipinski definition) is 6. The standard InChI is InChI=1S/C12H17FN4O7S/c1-6-4-7-5-16(12(21)17(7)24-9(13)11(19)20)8(6)10(18)15-2-3-25(14,22)23/h4,7-9H,2-3,5H2,1H3,(H,15,18)(H,19,20)(H2,14,22,23)/t7-,8-,9+/m0/s1. The largest absolute Gasteiger partial charge is 0.477 e. The lowest BCUT2D eigenvalue weighted by Gasteiger charge is -2.29. The number of carbonyl (C=O) groups excluding carboxylic acids is 2. The Morgan fingerprint density at radius 3 is 2.76 bits per heavy atom. The highest BCUT2D eigenvalue weighted by atomic mass is 32.2. The van der Waals surface area contributed by atoms with Crippen molar-refractivity contribution < 1.29 is 37.1 Å². The van der Waals surface area contributed by atoms with Crippen LogP contribution in [0.1, 0.15) is 6.92 Å². The van der Waals surface area contributed by atoms with Crippen molar-refractivity contribution in [3.8, 4) is 0 Å². The van der Waals surface area contributed by atoms with Crippen LogP contribution in [0.5, 0.6) is 0 Å². The van der Waals surface area contributed by atoms with Crippen LogP contribution in [0.15, 0.2) is 11.6 Å². The third-order valence-electron chi connectivity index (χ3n) is 3.65. The number of sulfonamides is 1. The molecule has 25 heavy (non-hydrogen) atoms. The summed E-state index contributed by atoms with van der Waals surface area (Å²) in [5.74, 6) is -2.99. The van der Waals surface area contributed by atoms with E-state index in [-0.39, 0.29) is 13.1 Å². The SMILES string of the molecule is CC1=C[C@H]2CN(C(=O)N2O[C@@H](F)C(=O)O)[C@@H]1C(=O)NCCS(N)(=O)=O.